The third-order valence-corrected chi connectivity index (χ3v) is 12.6. The summed E-state index contributed by atoms with van der Waals surface area (Å²) in [6.07, 6.45) is 1.88. The molecule has 2 aromatic heterocycles. The molecule has 68 heavy (non-hydrogen) atoms. The number of benzene rings is 7. The third kappa shape index (κ3) is 8.66. The molecule has 10 rings (SSSR count). The molecule has 0 radical (unpaired) electrons. The molecule has 0 fully saturated rings. The minimum absolute atomic E-state index is 0. The summed E-state index contributed by atoms with van der Waals surface area (Å²) >= 11 is 0. The molecule has 0 aliphatic carbocycles. The maximum atomic E-state index is 14.5. The molecule has 1 aliphatic rings. The van der Waals surface area contributed by atoms with Gasteiger partial charge in [-0.1, -0.05) is 139 Å². The van der Waals surface area contributed by atoms with Gasteiger partial charge in [-0.3, -0.25) is 0 Å². The average molecular weight is 1080 g/mol. The van der Waals surface area contributed by atoms with Gasteiger partial charge in [0.2, 0.25) is 5.69 Å². The molecular formula is C60H52F2N4OPt+2. The number of pyridine rings is 1. The Hall–Kier alpha value is -6.78. The maximum Gasteiger partial charge on any atom is 2.00 e. The standard InChI is InChI=1S/C60H52F2N4O.Pt/c1-58(2,3)40-28-29-63-56(34-40)66-52-15-11-10-14-48(52)49-27-26-46(36-55(49)66)67-47-31-41(59(4,5)6)30-45(35-47)64-37-65(54-17-13-12-16-53(54)64)57-50(38-18-22-43(61)23-19-38)32-42(60(7,8)9)33-51(57)39-20-24-44(62)25-21-39;/h10-34H,1-9H3;/q;+2. The molecule has 0 N–H and O–H groups in total. The molecule has 0 unspecified atom stereocenters. The van der Waals surface area contributed by atoms with Gasteiger partial charge in [-0.15, -0.1) is 29.1 Å². The van der Waals surface area contributed by atoms with E-state index in [9.17, 15) is 8.78 Å². The Labute approximate surface area is 412 Å². The van der Waals surface area contributed by atoms with E-state index in [1.54, 1.807) is 0 Å². The summed E-state index contributed by atoms with van der Waals surface area (Å²) in [5, 5.41) is 2.15. The topological polar surface area (TPSA) is 33.1 Å². The SMILES string of the molecule is CC(C)(C)c1cc(Oc2[c-]c3c(cc2)c2ccccc2n3-c2cc(C(C)(C)C)ccn2)[c-]c([N+]2=C=[N+](c3c(-c4ccc(F)cc4)cc(C(C)(C)C)cc3-c3ccc(F)cc3)c3ccccc32)c1.[Pt+2]. The molecule has 9 aromatic rings. The van der Waals surface area contributed by atoms with Crippen molar-refractivity contribution in [1.82, 2.24) is 18.7 Å². The predicted octanol–water partition coefficient (Wildman–Crippen LogP) is 15.9. The second-order valence-corrected chi connectivity index (χ2v) is 20.5. The van der Waals surface area contributed by atoms with Crippen LogP contribution in [0.5, 0.6) is 11.5 Å². The number of ether oxygens (including phenoxy) is 1. The van der Waals surface area contributed by atoms with E-state index < -0.39 is 0 Å². The van der Waals surface area contributed by atoms with Crippen LogP contribution in [0.2, 0.25) is 0 Å². The second-order valence-electron chi connectivity index (χ2n) is 20.5. The van der Waals surface area contributed by atoms with Crippen LogP contribution >= 0.6 is 0 Å². The van der Waals surface area contributed by atoms with E-state index in [1.165, 1.54) is 29.8 Å². The van der Waals surface area contributed by atoms with Crippen LogP contribution in [0.25, 0.3) is 49.9 Å². The van der Waals surface area contributed by atoms with Gasteiger partial charge in [-0.05, 0) is 103 Å². The number of halogens is 2. The number of hydrogen-bond donors (Lipinski definition) is 0. The minimum Gasteiger partial charge on any atom is -0.509 e. The number of hydrogen-bond acceptors (Lipinski definition) is 2. The van der Waals surface area contributed by atoms with E-state index in [1.807, 2.05) is 53.2 Å². The first-order valence-electron chi connectivity index (χ1n) is 22.7. The van der Waals surface area contributed by atoms with Gasteiger partial charge < -0.3 is 9.30 Å². The van der Waals surface area contributed by atoms with Crippen LogP contribution in [0.1, 0.15) is 79.0 Å². The molecule has 8 heteroatoms. The molecule has 0 amide bonds. The van der Waals surface area contributed by atoms with Crippen LogP contribution in [0, 0.1) is 23.8 Å². The predicted molar refractivity (Wildman–Crippen MR) is 270 cm³/mol. The van der Waals surface area contributed by atoms with Crippen molar-refractivity contribution >= 4 is 50.6 Å². The molecule has 5 nitrogen and oxygen atoms in total. The first-order chi connectivity index (χ1) is 31.9. The van der Waals surface area contributed by atoms with E-state index in [0.717, 1.165) is 83.8 Å². The van der Waals surface area contributed by atoms with E-state index in [0.29, 0.717) is 11.5 Å². The maximum absolute atomic E-state index is 14.5. The molecule has 0 saturated heterocycles. The summed E-state index contributed by atoms with van der Waals surface area (Å²) in [5.74, 6) is 1.25. The van der Waals surface area contributed by atoms with Crippen LogP contribution in [0.15, 0.2) is 152 Å². The van der Waals surface area contributed by atoms with E-state index >= 15 is 0 Å². The first kappa shape index (κ1) is 46.3. The Morgan fingerprint density at radius 1 is 0.544 bits per heavy atom. The zero-order chi connectivity index (χ0) is 47.0. The van der Waals surface area contributed by atoms with Gasteiger partial charge in [-0.25, -0.2) is 13.8 Å². The van der Waals surface area contributed by atoms with Crippen molar-refractivity contribution in [2.75, 3.05) is 0 Å². The van der Waals surface area contributed by atoms with Crippen molar-refractivity contribution in [2.45, 2.75) is 78.6 Å². The molecule has 1 aliphatic heterocycles. The monoisotopic (exact) mass is 1080 g/mol. The van der Waals surface area contributed by atoms with Crippen molar-refractivity contribution in [1.29, 1.82) is 0 Å². The number of para-hydroxylation sites is 3. The number of rotatable bonds is 7. The quantitative estimate of drug-likeness (QED) is 0.118. The fraction of sp³-hybridized carbons (Fsp3) is 0.200. The van der Waals surface area contributed by atoms with Crippen molar-refractivity contribution in [3.05, 3.63) is 192 Å². The van der Waals surface area contributed by atoms with Gasteiger partial charge in [0.1, 0.15) is 23.1 Å². The fourth-order valence-corrected chi connectivity index (χ4v) is 8.85. The Morgan fingerprint density at radius 2 is 1.10 bits per heavy atom. The minimum atomic E-state index is -0.318. The summed E-state index contributed by atoms with van der Waals surface area (Å²) in [5.41, 5.74) is 11.4. The summed E-state index contributed by atoms with van der Waals surface area (Å²) < 4.78 is 42.2. The van der Waals surface area contributed by atoms with Gasteiger partial charge in [0.05, 0.1) is 11.1 Å². The molecular weight excluding hydrogens is 1030 g/mol. The zero-order valence-electron chi connectivity index (χ0n) is 39.7. The molecule has 0 atom stereocenters. The summed E-state index contributed by atoms with van der Waals surface area (Å²) in [6, 6.07) is 57.6. The zero-order valence-corrected chi connectivity index (χ0v) is 42.0. The smallest absolute Gasteiger partial charge is 0.509 e. The Kier molecular flexibility index (Phi) is 11.8. The first-order valence-corrected chi connectivity index (χ1v) is 22.7. The summed E-state index contributed by atoms with van der Waals surface area (Å²) in [7, 11) is 0. The largest absolute Gasteiger partial charge is 2.00 e. The fourth-order valence-electron chi connectivity index (χ4n) is 8.85. The van der Waals surface area contributed by atoms with Crippen molar-refractivity contribution in [3.8, 4) is 39.6 Å². The average Bonchev–Trinajstić information content (AvgIpc) is 3.84. The molecule has 0 bridgehead atoms. The van der Waals surface area contributed by atoms with E-state index in [4.69, 9.17) is 9.72 Å². The normalized spacial score (nSPS) is 12.8. The van der Waals surface area contributed by atoms with E-state index in [2.05, 4.69) is 168 Å². The second kappa shape index (κ2) is 17.4. The number of fused-ring (bicyclic) bond motifs is 4. The van der Waals surface area contributed by atoms with Gasteiger partial charge in [-0.2, -0.15) is 6.07 Å². The van der Waals surface area contributed by atoms with Gasteiger partial charge in [0, 0.05) is 35.3 Å². The van der Waals surface area contributed by atoms with Crippen molar-refractivity contribution < 1.29 is 34.6 Å². The number of aromatic nitrogens is 2. The van der Waals surface area contributed by atoms with Crippen LogP contribution in [0.4, 0.5) is 31.5 Å². The van der Waals surface area contributed by atoms with Crippen LogP contribution in [-0.2, 0) is 37.3 Å². The Balaban J connectivity index is 0.00000578. The Bertz CT molecular complexity index is 3420. The van der Waals surface area contributed by atoms with Crippen LogP contribution in [0.3, 0.4) is 0 Å². The molecule has 0 saturated carbocycles. The molecule has 7 aromatic carbocycles. The van der Waals surface area contributed by atoms with Crippen LogP contribution < -0.4 is 13.9 Å². The number of nitrogens with zero attached hydrogens (tertiary/aromatic N) is 4. The molecule has 3 heterocycles. The Morgan fingerprint density at radius 3 is 1.71 bits per heavy atom. The molecule has 340 valence electrons. The summed E-state index contributed by atoms with van der Waals surface area (Å²) in [4.78, 5) is 4.87. The van der Waals surface area contributed by atoms with Crippen LogP contribution in [-0.4, -0.2) is 15.6 Å². The summed E-state index contributed by atoms with van der Waals surface area (Å²) in [6.45, 7) is 19.7. The van der Waals surface area contributed by atoms with Gasteiger partial charge in [0.25, 0.3) is 11.4 Å². The van der Waals surface area contributed by atoms with Crippen molar-refractivity contribution in [3.63, 3.8) is 0 Å². The van der Waals surface area contributed by atoms with Gasteiger partial charge in [0.15, 0.2) is 0 Å². The third-order valence-electron chi connectivity index (χ3n) is 12.6. The molecule has 0 spiro atoms. The van der Waals surface area contributed by atoms with E-state index in [-0.39, 0.29) is 48.9 Å². The van der Waals surface area contributed by atoms with Gasteiger partial charge >= 0.3 is 27.1 Å². The van der Waals surface area contributed by atoms with Crippen molar-refractivity contribution in [2.24, 2.45) is 0 Å².